The third-order valence-electron chi connectivity index (χ3n) is 10.7. The highest BCUT2D eigenvalue weighted by Gasteiger charge is 2.45. The second-order valence-electron chi connectivity index (χ2n) is 18.0. The van der Waals surface area contributed by atoms with E-state index in [1.807, 2.05) is 0 Å². The molecule has 0 aliphatic carbocycles. The number of likely N-dealkylation sites (N-methyl/N-ethyl adjacent to an activating group) is 2. The van der Waals surface area contributed by atoms with Crippen LogP contribution in [-0.2, 0) is 55.0 Å². The summed E-state index contributed by atoms with van der Waals surface area (Å²) in [7, 11) is 2.88. The summed E-state index contributed by atoms with van der Waals surface area (Å²) in [5.74, 6) is 0.389. The first-order valence-electron chi connectivity index (χ1n) is 22.6. The highest BCUT2D eigenvalue weighted by atomic mass is 16.7. The van der Waals surface area contributed by atoms with Gasteiger partial charge in [-0.15, -0.1) is 0 Å². The van der Waals surface area contributed by atoms with Gasteiger partial charge in [0.05, 0.1) is 44.7 Å². The summed E-state index contributed by atoms with van der Waals surface area (Å²) in [6.07, 6.45) is -5.07. The molecule has 2 aromatic rings. The molecule has 0 saturated carbocycles. The summed E-state index contributed by atoms with van der Waals surface area (Å²) >= 11 is 0. The van der Waals surface area contributed by atoms with Gasteiger partial charge in [0.1, 0.15) is 30.5 Å². The molecule has 1 heterocycles. The van der Waals surface area contributed by atoms with Crippen LogP contribution >= 0.6 is 0 Å². The fourth-order valence-electron chi connectivity index (χ4n) is 6.87. The van der Waals surface area contributed by atoms with Gasteiger partial charge in [0.25, 0.3) is 5.91 Å². The van der Waals surface area contributed by atoms with E-state index in [9.17, 15) is 49.2 Å². The number of amides is 4. The normalized spacial score (nSPS) is 18.1. The SMILES string of the molecule is C/C(=C\CN(C)C(=O)C(NC(=O)C(N(C)C(=O)OCc1ccc(OC2CC(O)[C@H](O)C(C(=O)O)O2)c(C(=O)NCCOCCOCCON)c1)C(C)(C)c1ccccc1)C(C)(C)C)C(=O)O.CCC. The van der Waals surface area contributed by atoms with Crippen molar-refractivity contribution < 1.29 is 77.7 Å². The molecule has 1 saturated heterocycles. The summed E-state index contributed by atoms with van der Waals surface area (Å²) in [6.45, 7) is 15.1. The highest BCUT2D eigenvalue weighted by molar-refractivity contribution is 5.97. The van der Waals surface area contributed by atoms with E-state index in [2.05, 4.69) is 29.3 Å². The van der Waals surface area contributed by atoms with Gasteiger partial charge in [-0.3, -0.25) is 19.3 Å². The molecule has 6 atom stereocenters. The number of rotatable bonds is 24. The molecule has 1 aliphatic heterocycles. The molecule has 3 rings (SSSR count). The Morgan fingerprint density at radius 3 is 2.10 bits per heavy atom. The number of nitrogens with two attached hydrogens (primary N) is 1. The molecule has 0 aromatic heterocycles. The summed E-state index contributed by atoms with van der Waals surface area (Å²) in [5, 5.41) is 44.9. The number of hydrogen-bond donors (Lipinski definition) is 7. The zero-order chi connectivity index (χ0) is 52.1. The summed E-state index contributed by atoms with van der Waals surface area (Å²) < 4.78 is 27.8. The van der Waals surface area contributed by atoms with Gasteiger partial charge in [0.2, 0.25) is 18.1 Å². The Balaban J connectivity index is 0.00000530. The van der Waals surface area contributed by atoms with Crippen molar-refractivity contribution in [1.29, 1.82) is 0 Å². The van der Waals surface area contributed by atoms with Crippen molar-refractivity contribution in [3.63, 3.8) is 0 Å². The number of carboxylic acid groups (broad SMARTS) is 2. The van der Waals surface area contributed by atoms with Gasteiger partial charge >= 0.3 is 18.0 Å². The number of carbonyl (C=O) groups excluding carboxylic acids is 4. The topological polar surface area (TPSA) is 295 Å². The number of aliphatic hydroxyl groups is 2. The summed E-state index contributed by atoms with van der Waals surface area (Å²) in [4.78, 5) is 86.0. The van der Waals surface area contributed by atoms with Crippen molar-refractivity contribution in [1.82, 2.24) is 20.4 Å². The maximum absolute atomic E-state index is 14.6. The first kappa shape index (κ1) is 59.4. The maximum atomic E-state index is 14.6. The van der Waals surface area contributed by atoms with Crippen LogP contribution in [0.2, 0.25) is 0 Å². The van der Waals surface area contributed by atoms with Crippen LogP contribution in [0.5, 0.6) is 5.75 Å². The third kappa shape index (κ3) is 18.6. The minimum atomic E-state index is -1.81. The Labute approximate surface area is 404 Å². The van der Waals surface area contributed by atoms with Crippen LogP contribution < -0.4 is 21.3 Å². The standard InChI is InChI=1S/C45H65N5O16.C3H8/c1-27(41(56)57)16-18-49(7)40(55)36(44(2,3)4)48-39(54)37(45(5,6)29-12-10-9-11-13-29)50(8)43(60)63-26-28-14-15-32(65-33-25-31(51)34(52)35(66-33)42(58)59)30(24-28)38(53)47-17-19-61-20-21-62-22-23-64-46;1-3-2/h9-16,24,31,33-37,51-52H,17-23,25-26,46H2,1-8H3,(H,47,53)(H,48,54)(H,56,57)(H,58,59);3H2,1-2H3/b27-16+;/t31?,33?,34-,35?,36?,37?;/m0./s1. The zero-order valence-electron chi connectivity index (χ0n) is 41.4. The van der Waals surface area contributed by atoms with Gasteiger partial charge in [0, 0.05) is 44.6 Å². The van der Waals surface area contributed by atoms with E-state index in [1.165, 1.54) is 56.6 Å². The fraction of sp³-hybridized carbons (Fsp3) is 0.583. The van der Waals surface area contributed by atoms with Gasteiger partial charge in [-0.25, -0.2) is 20.3 Å². The predicted octanol–water partition coefficient (Wildman–Crippen LogP) is 2.99. The van der Waals surface area contributed by atoms with Gasteiger partial charge in [-0.2, -0.15) is 0 Å². The van der Waals surface area contributed by atoms with E-state index in [-0.39, 0.29) is 69.4 Å². The number of nitrogens with one attached hydrogen (secondary N) is 2. The molecule has 69 heavy (non-hydrogen) atoms. The molecule has 21 nitrogen and oxygen atoms in total. The Bertz CT molecular complexity index is 2010. The molecule has 1 aliphatic rings. The molecule has 0 spiro atoms. The molecule has 21 heteroatoms. The number of aliphatic hydroxyl groups excluding tert-OH is 2. The van der Waals surface area contributed by atoms with Crippen LogP contribution in [0.4, 0.5) is 4.79 Å². The van der Waals surface area contributed by atoms with Crippen LogP contribution in [0.3, 0.4) is 0 Å². The molecule has 8 N–H and O–H groups in total. The third-order valence-corrected chi connectivity index (χ3v) is 10.7. The Morgan fingerprint density at radius 1 is 0.913 bits per heavy atom. The Morgan fingerprint density at radius 2 is 1.52 bits per heavy atom. The second-order valence-corrected chi connectivity index (χ2v) is 18.0. The average Bonchev–Trinajstić information content (AvgIpc) is 3.29. The molecule has 5 unspecified atom stereocenters. The number of hydrogen-bond acceptors (Lipinski definition) is 15. The lowest BCUT2D eigenvalue weighted by Crippen LogP contribution is -2.62. The average molecular weight is 976 g/mol. The summed E-state index contributed by atoms with van der Waals surface area (Å²) in [6, 6.07) is 10.8. The lowest BCUT2D eigenvalue weighted by molar-refractivity contribution is -0.228. The second kappa shape index (κ2) is 28.7. The molecular weight excluding hydrogens is 903 g/mol. The monoisotopic (exact) mass is 976 g/mol. The van der Waals surface area contributed by atoms with Crippen molar-refractivity contribution >= 4 is 35.8 Å². The van der Waals surface area contributed by atoms with E-state index < -0.39 is 89.9 Å². The minimum Gasteiger partial charge on any atom is -0.479 e. The molecule has 1 fully saturated rings. The largest absolute Gasteiger partial charge is 0.479 e. The number of carboxylic acids is 2. The van der Waals surface area contributed by atoms with Crippen LogP contribution in [-0.4, -0.2) is 163 Å². The lowest BCUT2D eigenvalue weighted by atomic mass is 9.76. The van der Waals surface area contributed by atoms with Crippen molar-refractivity contribution in [2.45, 2.75) is 117 Å². The quantitative estimate of drug-likeness (QED) is 0.0452. The van der Waals surface area contributed by atoms with Crippen molar-refractivity contribution in [2.75, 3.05) is 60.2 Å². The minimum absolute atomic E-state index is 0.0365. The van der Waals surface area contributed by atoms with Gasteiger partial charge in [-0.05, 0) is 35.6 Å². The van der Waals surface area contributed by atoms with E-state index >= 15 is 0 Å². The summed E-state index contributed by atoms with van der Waals surface area (Å²) in [5.41, 5.74) is -0.973. The van der Waals surface area contributed by atoms with Gasteiger partial charge in [0.15, 0.2) is 6.10 Å². The Hall–Kier alpha value is -5.68. The molecule has 2 aromatic carbocycles. The predicted molar refractivity (Wildman–Crippen MR) is 252 cm³/mol. The van der Waals surface area contributed by atoms with E-state index in [0.717, 1.165) is 4.90 Å². The van der Waals surface area contributed by atoms with Crippen LogP contribution in [0.1, 0.15) is 89.7 Å². The fourth-order valence-corrected chi connectivity index (χ4v) is 6.87. The lowest BCUT2D eigenvalue weighted by Gasteiger charge is -2.41. The van der Waals surface area contributed by atoms with Crippen molar-refractivity contribution in [3.8, 4) is 5.75 Å². The number of nitrogens with zero attached hydrogens (tertiary/aromatic N) is 2. The number of benzene rings is 2. The van der Waals surface area contributed by atoms with Gasteiger partial charge in [-0.1, -0.05) is 97.4 Å². The van der Waals surface area contributed by atoms with Gasteiger partial charge < -0.3 is 64.5 Å². The van der Waals surface area contributed by atoms with Crippen LogP contribution in [0.15, 0.2) is 60.2 Å². The van der Waals surface area contributed by atoms with E-state index in [1.54, 1.807) is 65.0 Å². The highest BCUT2D eigenvalue weighted by Crippen LogP contribution is 2.33. The smallest absolute Gasteiger partial charge is 0.410 e. The first-order chi connectivity index (χ1) is 32.4. The van der Waals surface area contributed by atoms with Crippen LogP contribution in [0.25, 0.3) is 0 Å². The molecular formula is C48H73N5O16. The van der Waals surface area contributed by atoms with Crippen LogP contribution in [0, 0.1) is 5.41 Å². The molecule has 386 valence electrons. The molecule has 0 radical (unpaired) electrons. The number of ether oxygens (including phenoxy) is 5. The maximum Gasteiger partial charge on any atom is 0.410 e. The van der Waals surface area contributed by atoms with Crippen molar-refractivity contribution in [2.24, 2.45) is 11.3 Å². The van der Waals surface area contributed by atoms with E-state index in [0.29, 0.717) is 11.1 Å². The number of carbonyl (C=O) groups is 6. The number of aliphatic carboxylic acids is 2. The first-order valence-corrected chi connectivity index (χ1v) is 22.6. The molecule has 4 amide bonds. The molecule has 0 bridgehead atoms. The Kier molecular flexibility index (Phi) is 24.7. The van der Waals surface area contributed by atoms with Crippen molar-refractivity contribution in [3.05, 3.63) is 76.9 Å². The van der Waals surface area contributed by atoms with E-state index in [4.69, 9.17) is 29.6 Å². The zero-order valence-corrected chi connectivity index (χ0v) is 41.4.